The van der Waals surface area contributed by atoms with Gasteiger partial charge in [-0.15, -0.1) is 0 Å². The second-order valence-electron chi connectivity index (χ2n) is 2.92. The Labute approximate surface area is 107 Å². The summed E-state index contributed by atoms with van der Waals surface area (Å²) in [6.07, 6.45) is 0. The standard InChI is InChI=1S/C7H11Cl2N2O5P/c1-2-15-4-16-3-11-6(9)5(8)7(10-11)17(12,13)14/h2-4H2,1H3,(H2,12,13,14). The molecule has 0 saturated heterocycles. The highest BCUT2D eigenvalue weighted by molar-refractivity contribution is 7.60. The molecule has 1 aromatic heterocycles. The van der Waals surface area contributed by atoms with Crippen molar-refractivity contribution in [2.24, 2.45) is 0 Å². The highest BCUT2D eigenvalue weighted by atomic mass is 35.5. The third-order valence-electron chi connectivity index (χ3n) is 1.68. The van der Waals surface area contributed by atoms with Gasteiger partial charge in [0.1, 0.15) is 23.7 Å². The van der Waals surface area contributed by atoms with E-state index in [2.05, 4.69) is 5.10 Å². The lowest BCUT2D eigenvalue weighted by molar-refractivity contribution is -0.0778. The average molecular weight is 305 g/mol. The second kappa shape index (κ2) is 6.15. The molecule has 0 radical (unpaired) electrons. The molecule has 0 atom stereocenters. The van der Waals surface area contributed by atoms with Gasteiger partial charge in [-0.25, -0.2) is 4.68 Å². The molecule has 0 aliphatic rings. The van der Waals surface area contributed by atoms with E-state index in [-0.39, 0.29) is 23.7 Å². The van der Waals surface area contributed by atoms with Crippen molar-refractivity contribution in [3.8, 4) is 0 Å². The Morgan fingerprint density at radius 3 is 2.53 bits per heavy atom. The van der Waals surface area contributed by atoms with Crippen LogP contribution in [0.1, 0.15) is 6.92 Å². The van der Waals surface area contributed by atoms with E-state index in [1.807, 2.05) is 0 Å². The van der Waals surface area contributed by atoms with Gasteiger partial charge in [0.2, 0.25) is 0 Å². The molecule has 0 fully saturated rings. The summed E-state index contributed by atoms with van der Waals surface area (Å²) in [5.41, 5.74) is -0.566. The number of rotatable bonds is 6. The van der Waals surface area contributed by atoms with E-state index in [4.69, 9.17) is 42.5 Å². The topological polar surface area (TPSA) is 93.8 Å². The highest BCUT2D eigenvalue weighted by Crippen LogP contribution is 2.38. The van der Waals surface area contributed by atoms with Gasteiger partial charge in [-0.05, 0) is 6.92 Å². The lowest BCUT2D eigenvalue weighted by atomic mass is 10.7. The number of nitrogens with zero attached hydrogens (tertiary/aromatic N) is 2. The summed E-state index contributed by atoms with van der Waals surface area (Å²) < 4.78 is 22.0. The van der Waals surface area contributed by atoms with Gasteiger partial charge in [0.25, 0.3) is 0 Å². The van der Waals surface area contributed by atoms with Crippen LogP contribution < -0.4 is 5.44 Å². The maximum atomic E-state index is 11.0. The minimum Gasteiger partial charge on any atom is -0.356 e. The molecular formula is C7H11Cl2N2O5P. The smallest absolute Gasteiger partial charge is 0.356 e. The van der Waals surface area contributed by atoms with Crippen molar-refractivity contribution in [1.29, 1.82) is 0 Å². The summed E-state index contributed by atoms with van der Waals surface area (Å²) in [4.78, 5) is 17.9. The van der Waals surface area contributed by atoms with Gasteiger partial charge in [-0.2, -0.15) is 5.10 Å². The lowest BCUT2D eigenvalue weighted by Crippen LogP contribution is -2.12. The molecule has 0 spiro atoms. The predicted molar refractivity (Wildman–Crippen MR) is 61.5 cm³/mol. The van der Waals surface area contributed by atoms with Crippen LogP contribution in [0.4, 0.5) is 0 Å². The summed E-state index contributed by atoms with van der Waals surface area (Å²) in [7, 11) is -4.54. The first-order chi connectivity index (χ1) is 7.88. The fourth-order valence-corrected chi connectivity index (χ4v) is 2.24. The maximum absolute atomic E-state index is 11.0. The first kappa shape index (κ1) is 14.9. The van der Waals surface area contributed by atoms with Crippen molar-refractivity contribution in [2.45, 2.75) is 13.7 Å². The molecule has 0 aliphatic carbocycles. The number of hydrogen-bond donors (Lipinski definition) is 2. The average Bonchev–Trinajstić information content (AvgIpc) is 2.51. The van der Waals surface area contributed by atoms with Crippen LogP contribution in [0.2, 0.25) is 10.2 Å². The van der Waals surface area contributed by atoms with Crippen molar-refractivity contribution in [3.63, 3.8) is 0 Å². The molecule has 0 amide bonds. The SMILES string of the molecule is CCOCOCn1nc(P(=O)(O)O)c(Cl)c1Cl. The molecule has 0 bridgehead atoms. The normalized spacial score (nSPS) is 12.1. The molecule has 17 heavy (non-hydrogen) atoms. The molecule has 0 aromatic carbocycles. The van der Waals surface area contributed by atoms with E-state index in [0.717, 1.165) is 4.68 Å². The zero-order valence-corrected chi connectivity index (χ0v) is 11.2. The van der Waals surface area contributed by atoms with Crippen molar-refractivity contribution in [2.75, 3.05) is 13.4 Å². The summed E-state index contributed by atoms with van der Waals surface area (Å²) in [5, 5.41) is 3.21. The summed E-state index contributed by atoms with van der Waals surface area (Å²) in [6, 6.07) is 0. The number of ether oxygens (including phenoxy) is 2. The van der Waals surface area contributed by atoms with Crippen molar-refractivity contribution >= 4 is 36.2 Å². The first-order valence-electron chi connectivity index (χ1n) is 4.51. The molecule has 2 N–H and O–H groups in total. The van der Waals surface area contributed by atoms with Gasteiger partial charge in [0.15, 0.2) is 5.44 Å². The summed E-state index contributed by atoms with van der Waals surface area (Å²) in [5.74, 6) is 0. The Hall–Kier alpha value is -0.140. The van der Waals surface area contributed by atoms with E-state index in [1.54, 1.807) is 6.92 Å². The fourth-order valence-electron chi connectivity index (χ4n) is 0.945. The van der Waals surface area contributed by atoms with Gasteiger partial charge in [-0.3, -0.25) is 4.57 Å². The van der Waals surface area contributed by atoms with E-state index in [9.17, 15) is 4.57 Å². The van der Waals surface area contributed by atoms with Crippen molar-refractivity contribution in [3.05, 3.63) is 10.2 Å². The van der Waals surface area contributed by atoms with Crippen LogP contribution in [0, 0.1) is 0 Å². The molecule has 0 saturated carbocycles. The van der Waals surface area contributed by atoms with Gasteiger partial charge in [0.05, 0.1) is 0 Å². The quantitative estimate of drug-likeness (QED) is 0.462. The van der Waals surface area contributed by atoms with Crippen LogP contribution in [-0.4, -0.2) is 33.0 Å². The zero-order chi connectivity index (χ0) is 13.1. The molecule has 10 heteroatoms. The Morgan fingerprint density at radius 1 is 1.41 bits per heavy atom. The zero-order valence-electron chi connectivity index (χ0n) is 8.84. The molecule has 1 aromatic rings. The van der Waals surface area contributed by atoms with Crippen LogP contribution in [-0.2, 0) is 20.8 Å². The third kappa shape index (κ3) is 3.93. The summed E-state index contributed by atoms with van der Waals surface area (Å²) in [6.45, 7) is 2.20. The van der Waals surface area contributed by atoms with Gasteiger partial charge in [-0.1, -0.05) is 23.2 Å². The minimum absolute atomic E-state index is 0.0234. The van der Waals surface area contributed by atoms with Crippen LogP contribution >= 0.6 is 30.8 Å². The van der Waals surface area contributed by atoms with Gasteiger partial charge in [0, 0.05) is 6.61 Å². The Balaban J connectivity index is 2.78. The predicted octanol–water partition coefficient (Wildman–Crippen LogP) is 0.961. The Kier molecular flexibility index (Phi) is 5.40. The van der Waals surface area contributed by atoms with Crippen LogP contribution in [0.3, 0.4) is 0 Å². The fraction of sp³-hybridized carbons (Fsp3) is 0.571. The van der Waals surface area contributed by atoms with Crippen LogP contribution in [0.25, 0.3) is 0 Å². The highest BCUT2D eigenvalue weighted by Gasteiger charge is 2.28. The third-order valence-corrected chi connectivity index (χ3v) is 3.52. The van der Waals surface area contributed by atoms with E-state index >= 15 is 0 Å². The molecule has 0 aliphatic heterocycles. The molecule has 1 rings (SSSR count). The maximum Gasteiger partial charge on any atom is 0.377 e. The Morgan fingerprint density at radius 2 is 2.06 bits per heavy atom. The molecule has 0 unspecified atom stereocenters. The largest absolute Gasteiger partial charge is 0.377 e. The minimum atomic E-state index is -4.54. The monoisotopic (exact) mass is 304 g/mol. The van der Waals surface area contributed by atoms with Crippen LogP contribution in [0.15, 0.2) is 0 Å². The van der Waals surface area contributed by atoms with E-state index < -0.39 is 13.0 Å². The van der Waals surface area contributed by atoms with Gasteiger partial charge < -0.3 is 19.3 Å². The molecule has 1 heterocycles. The first-order valence-corrected chi connectivity index (χ1v) is 6.88. The molecule has 98 valence electrons. The van der Waals surface area contributed by atoms with Gasteiger partial charge >= 0.3 is 7.60 Å². The van der Waals surface area contributed by atoms with Crippen molar-refractivity contribution in [1.82, 2.24) is 9.78 Å². The number of halogens is 2. The lowest BCUT2D eigenvalue weighted by Gasteiger charge is -2.04. The van der Waals surface area contributed by atoms with Crippen LogP contribution in [0.5, 0.6) is 0 Å². The molecule has 7 nitrogen and oxygen atoms in total. The second-order valence-corrected chi connectivity index (χ2v) is 5.16. The van der Waals surface area contributed by atoms with E-state index in [1.165, 1.54) is 0 Å². The van der Waals surface area contributed by atoms with E-state index in [0.29, 0.717) is 6.61 Å². The van der Waals surface area contributed by atoms with Crippen molar-refractivity contribution < 1.29 is 23.8 Å². The molecular weight excluding hydrogens is 294 g/mol. The number of hydrogen-bond acceptors (Lipinski definition) is 4. The summed E-state index contributed by atoms with van der Waals surface area (Å²) >= 11 is 11.4. The number of aromatic nitrogens is 2. The Bertz CT molecular complexity index is 432.